The highest BCUT2D eigenvalue weighted by molar-refractivity contribution is 5.86. The Hall–Kier alpha value is -0.780. The van der Waals surface area contributed by atoms with Crippen LogP contribution in [0.2, 0.25) is 0 Å². The molecule has 0 spiro atoms. The Balaban J connectivity index is 2.68. The van der Waals surface area contributed by atoms with Crippen LogP contribution in [0, 0.1) is 5.92 Å². The summed E-state index contributed by atoms with van der Waals surface area (Å²) in [6, 6.07) is -0.125. The Kier molecular flexibility index (Phi) is 4.87. The SMILES string of the molecule is CCC1CCC(N(C)C(=O)C(C)(N)C(F)(F)F)CC1. The molecule has 2 N–H and O–H groups in total. The summed E-state index contributed by atoms with van der Waals surface area (Å²) in [6.07, 6.45) is -0.192. The first-order valence-corrected chi connectivity index (χ1v) is 6.74. The van der Waals surface area contributed by atoms with Gasteiger partial charge in [0.15, 0.2) is 5.54 Å². The van der Waals surface area contributed by atoms with E-state index in [2.05, 4.69) is 6.92 Å². The van der Waals surface area contributed by atoms with Gasteiger partial charge in [-0.2, -0.15) is 13.2 Å². The highest BCUT2D eigenvalue weighted by atomic mass is 19.4. The van der Waals surface area contributed by atoms with E-state index in [1.54, 1.807) is 0 Å². The van der Waals surface area contributed by atoms with Crippen LogP contribution in [-0.4, -0.2) is 35.6 Å². The van der Waals surface area contributed by atoms with E-state index in [1.165, 1.54) is 11.9 Å². The first-order chi connectivity index (χ1) is 8.61. The van der Waals surface area contributed by atoms with Crippen molar-refractivity contribution in [3.05, 3.63) is 0 Å². The number of carbonyl (C=O) groups excluding carboxylic acids is 1. The van der Waals surface area contributed by atoms with Gasteiger partial charge >= 0.3 is 6.18 Å². The van der Waals surface area contributed by atoms with Crippen molar-refractivity contribution in [2.75, 3.05) is 7.05 Å². The molecule has 1 aliphatic carbocycles. The first-order valence-electron chi connectivity index (χ1n) is 6.74. The van der Waals surface area contributed by atoms with Crippen LogP contribution in [0.15, 0.2) is 0 Å². The van der Waals surface area contributed by atoms with Crippen LogP contribution in [0.5, 0.6) is 0 Å². The molecule has 1 saturated carbocycles. The minimum atomic E-state index is -4.72. The molecule has 1 aliphatic rings. The molecule has 0 aromatic heterocycles. The molecule has 0 saturated heterocycles. The van der Waals surface area contributed by atoms with Crippen molar-refractivity contribution in [1.29, 1.82) is 0 Å². The van der Waals surface area contributed by atoms with E-state index < -0.39 is 17.6 Å². The molecule has 1 atom stereocenters. The number of nitrogens with two attached hydrogens (primary N) is 1. The van der Waals surface area contributed by atoms with Gasteiger partial charge in [-0.15, -0.1) is 0 Å². The maximum atomic E-state index is 12.8. The maximum absolute atomic E-state index is 12.8. The normalized spacial score (nSPS) is 27.7. The van der Waals surface area contributed by atoms with Gasteiger partial charge in [-0.3, -0.25) is 4.79 Å². The summed E-state index contributed by atoms with van der Waals surface area (Å²) in [5, 5.41) is 0. The van der Waals surface area contributed by atoms with Crippen molar-refractivity contribution in [3.63, 3.8) is 0 Å². The molecule has 0 aliphatic heterocycles. The van der Waals surface area contributed by atoms with E-state index >= 15 is 0 Å². The van der Waals surface area contributed by atoms with Crippen LogP contribution in [0.3, 0.4) is 0 Å². The number of alkyl halides is 3. The lowest BCUT2D eigenvalue weighted by atomic mass is 9.83. The average molecular weight is 280 g/mol. The van der Waals surface area contributed by atoms with Crippen molar-refractivity contribution in [1.82, 2.24) is 4.90 Å². The van der Waals surface area contributed by atoms with Crippen LogP contribution in [0.4, 0.5) is 13.2 Å². The molecular weight excluding hydrogens is 257 g/mol. The molecule has 1 unspecified atom stereocenters. The second-order valence-electron chi connectivity index (χ2n) is 5.70. The minimum absolute atomic E-state index is 0.125. The van der Waals surface area contributed by atoms with E-state index in [1.807, 2.05) is 0 Å². The second-order valence-corrected chi connectivity index (χ2v) is 5.70. The number of hydrogen-bond acceptors (Lipinski definition) is 2. The number of nitrogens with zero attached hydrogens (tertiary/aromatic N) is 1. The number of likely N-dealkylation sites (N-methyl/N-ethyl adjacent to an activating group) is 1. The fraction of sp³-hybridized carbons (Fsp3) is 0.923. The van der Waals surface area contributed by atoms with E-state index in [0.29, 0.717) is 5.92 Å². The fourth-order valence-corrected chi connectivity index (χ4v) is 2.59. The summed E-state index contributed by atoms with van der Waals surface area (Å²) in [4.78, 5) is 13.1. The van der Waals surface area contributed by atoms with Crippen LogP contribution in [-0.2, 0) is 4.79 Å². The van der Waals surface area contributed by atoms with Gasteiger partial charge in [-0.05, 0) is 38.5 Å². The first kappa shape index (κ1) is 16.3. The van der Waals surface area contributed by atoms with Crippen LogP contribution in [0.1, 0.15) is 46.0 Å². The van der Waals surface area contributed by atoms with Crippen molar-refractivity contribution in [2.24, 2.45) is 11.7 Å². The molecule has 6 heteroatoms. The lowest BCUT2D eigenvalue weighted by Crippen LogP contribution is -2.63. The monoisotopic (exact) mass is 280 g/mol. The highest BCUT2D eigenvalue weighted by Crippen LogP contribution is 2.33. The average Bonchev–Trinajstić information content (AvgIpc) is 2.35. The van der Waals surface area contributed by atoms with Crippen molar-refractivity contribution in [3.8, 4) is 0 Å². The van der Waals surface area contributed by atoms with E-state index in [-0.39, 0.29) is 6.04 Å². The van der Waals surface area contributed by atoms with E-state index in [0.717, 1.165) is 39.0 Å². The van der Waals surface area contributed by atoms with Crippen LogP contribution < -0.4 is 5.73 Å². The number of rotatable bonds is 3. The number of amides is 1. The molecule has 112 valence electrons. The summed E-state index contributed by atoms with van der Waals surface area (Å²) in [5.41, 5.74) is 2.38. The van der Waals surface area contributed by atoms with Crippen molar-refractivity contribution in [2.45, 2.75) is 63.7 Å². The maximum Gasteiger partial charge on any atom is 0.415 e. The molecule has 0 aromatic rings. The highest BCUT2D eigenvalue weighted by Gasteiger charge is 2.55. The zero-order valence-electron chi connectivity index (χ0n) is 11.8. The van der Waals surface area contributed by atoms with E-state index in [4.69, 9.17) is 5.73 Å². The summed E-state index contributed by atoms with van der Waals surface area (Å²) >= 11 is 0. The topological polar surface area (TPSA) is 46.3 Å². The van der Waals surface area contributed by atoms with Crippen LogP contribution >= 0.6 is 0 Å². The lowest BCUT2D eigenvalue weighted by Gasteiger charge is -2.38. The molecular formula is C13H23F3N2O. The van der Waals surface area contributed by atoms with Gasteiger partial charge in [0.2, 0.25) is 0 Å². The molecule has 3 nitrogen and oxygen atoms in total. The Morgan fingerprint density at radius 3 is 2.11 bits per heavy atom. The van der Waals surface area contributed by atoms with Gasteiger partial charge in [-0.1, -0.05) is 13.3 Å². The summed E-state index contributed by atoms with van der Waals surface area (Å²) in [7, 11) is 1.43. The van der Waals surface area contributed by atoms with Gasteiger partial charge in [-0.25, -0.2) is 0 Å². The lowest BCUT2D eigenvalue weighted by molar-refractivity contribution is -0.194. The Morgan fingerprint density at radius 2 is 1.74 bits per heavy atom. The predicted octanol–water partition coefficient (Wildman–Crippen LogP) is 2.69. The Bertz CT molecular complexity index is 320. The molecule has 1 amide bonds. The molecule has 1 rings (SSSR count). The third-order valence-corrected chi connectivity index (χ3v) is 4.29. The smallest absolute Gasteiger partial charge is 0.341 e. The summed E-state index contributed by atoms with van der Waals surface area (Å²) < 4.78 is 38.3. The van der Waals surface area contributed by atoms with Crippen molar-refractivity contribution < 1.29 is 18.0 Å². The quantitative estimate of drug-likeness (QED) is 0.864. The van der Waals surface area contributed by atoms with Gasteiger partial charge < -0.3 is 10.6 Å². The summed E-state index contributed by atoms with van der Waals surface area (Å²) in [6.45, 7) is 2.85. The van der Waals surface area contributed by atoms with Crippen molar-refractivity contribution >= 4 is 5.91 Å². The zero-order valence-corrected chi connectivity index (χ0v) is 11.8. The number of hydrogen-bond donors (Lipinski definition) is 1. The predicted molar refractivity (Wildman–Crippen MR) is 67.5 cm³/mol. The second kappa shape index (κ2) is 5.69. The third-order valence-electron chi connectivity index (χ3n) is 4.29. The molecule has 19 heavy (non-hydrogen) atoms. The largest absolute Gasteiger partial charge is 0.415 e. The minimum Gasteiger partial charge on any atom is -0.341 e. The van der Waals surface area contributed by atoms with Gasteiger partial charge in [0.1, 0.15) is 0 Å². The number of halogens is 3. The molecule has 1 fully saturated rings. The molecule has 0 radical (unpaired) electrons. The van der Waals surface area contributed by atoms with Crippen LogP contribution in [0.25, 0.3) is 0 Å². The number of carbonyl (C=O) groups is 1. The third kappa shape index (κ3) is 3.41. The Morgan fingerprint density at radius 1 is 1.26 bits per heavy atom. The molecule has 0 aromatic carbocycles. The fourth-order valence-electron chi connectivity index (χ4n) is 2.59. The molecule has 0 heterocycles. The Labute approximate surface area is 112 Å². The van der Waals surface area contributed by atoms with Gasteiger partial charge in [0.25, 0.3) is 5.91 Å². The molecule has 0 bridgehead atoms. The standard InChI is InChI=1S/C13H23F3N2O/c1-4-9-5-7-10(8-6-9)18(3)11(19)12(2,17)13(14,15)16/h9-10H,4-8,17H2,1-3H3. The van der Waals surface area contributed by atoms with Gasteiger partial charge in [0, 0.05) is 13.1 Å². The zero-order chi connectivity index (χ0) is 14.8. The van der Waals surface area contributed by atoms with Gasteiger partial charge in [0.05, 0.1) is 0 Å². The summed E-state index contributed by atoms with van der Waals surface area (Å²) in [5.74, 6) is -0.411. The van der Waals surface area contributed by atoms with E-state index in [9.17, 15) is 18.0 Å².